The molecule has 0 aliphatic heterocycles. The Bertz CT molecular complexity index is 1670. The fraction of sp³-hybridized carbons (Fsp3) is 0.333. The summed E-state index contributed by atoms with van der Waals surface area (Å²) in [6, 6.07) is 28.2. The molecule has 2 aliphatic rings. The van der Waals surface area contributed by atoms with Crippen molar-refractivity contribution < 1.29 is 20.6 Å². The molecule has 6 rings (SSSR count). The monoisotopic (exact) mass is 761 g/mol. The van der Waals surface area contributed by atoms with Crippen molar-refractivity contribution in [3.63, 3.8) is 0 Å². The van der Waals surface area contributed by atoms with E-state index < -0.39 is 26.6 Å². The number of rotatable bonds is 7. The molecule has 0 saturated heterocycles. The molecule has 2 atom stereocenters. The van der Waals surface area contributed by atoms with Crippen molar-refractivity contribution in [1.82, 2.24) is 0 Å². The van der Waals surface area contributed by atoms with Crippen molar-refractivity contribution in [3.05, 3.63) is 128 Å². The summed E-state index contributed by atoms with van der Waals surface area (Å²) in [6.07, 6.45) is 5.31. The first-order valence-corrected chi connectivity index (χ1v) is 30.0. The zero-order valence-electron chi connectivity index (χ0n) is 28.5. The Morgan fingerprint density at radius 1 is 0.523 bits per heavy atom. The van der Waals surface area contributed by atoms with Crippen LogP contribution in [0, 0.1) is 39.5 Å². The molecule has 0 bridgehead atoms. The zero-order valence-corrected chi connectivity index (χ0v) is 33.2. The van der Waals surface area contributed by atoms with E-state index in [4.69, 9.17) is 0 Å². The number of fused-ring (bicyclic) bond motifs is 2. The first-order valence-electron chi connectivity index (χ1n) is 16.7. The van der Waals surface area contributed by atoms with Gasteiger partial charge in [0.25, 0.3) is 0 Å². The molecule has 2 aliphatic carbocycles. The number of hydrogen-bond donors (Lipinski definition) is 0. The summed E-state index contributed by atoms with van der Waals surface area (Å²) in [5.41, 5.74) is 21.1. The first kappa shape index (κ1) is 31.4. The van der Waals surface area contributed by atoms with Gasteiger partial charge in [-0.15, -0.1) is 0 Å². The van der Waals surface area contributed by atoms with Gasteiger partial charge < -0.3 is 0 Å². The second kappa shape index (κ2) is 12.3. The van der Waals surface area contributed by atoms with Gasteiger partial charge in [-0.3, -0.25) is 0 Å². The van der Waals surface area contributed by atoms with Gasteiger partial charge in [0.15, 0.2) is 0 Å². The third-order valence-electron chi connectivity index (χ3n) is 10.6. The minimum absolute atomic E-state index is 0.556. The molecule has 2 heteroatoms. The second-order valence-corrected chi connectivity index (χ2v) is 42.2. The molecule has 44 heavy (non-hydrogen) atoms. The van der Waals surface area contributed by atoms with Crippen LogP contribution in [-0.2, 0) is 20.6 Å². The summed E-state index contributed by atoms with van der Waals surface area (Å²) < 4.78 is 1.32. The Hall–Kier alpha value is -2.55. The maximum absolute atomic E-state index is 2.71. The van der Waals surface area contributed by atoms with Crippen LogP contribution in [0.5, 0.6) is 0 Å². The van der Waals surface area contributed by atoms with E-state index in [2.05, 4.69) is 153 Å². The predicted octanol–water partition coefficient (Wildman–Crippen LogP) is 11.7. The number of allylic oxidation sites excluding steroid dienone is 2. The predicted molar refractivity (Wildman–Crippen MR) is 193 cm³/mol. The average molecular weight is 760 g/mol. The average Bonchev–Trinajstić information content (AvgIpc) is 3.56. The van der Waals surface area contributed by atoms with Crippen molar-refractivity contribution in [3.8, 4) is 22.3 Å². The van der Waals surface area contributed by atoms with Gasteiger partial charge in [0.2, 0.25) is 0 Å². The molecule has 4 aromatic rings. The number of benzene rings is 4. The summed E-state index contributed by atoms with van der Waals surface area (Å²) in [5.74, 6) is 0.159. The van der Waals surface area contributed by atoms with Crippen LogP contribution in [0.2, 0.25) is 13.1 Å². The van der Waals surface area contributed by atoms with E-state index in [1.165, 1.54) is 55.6 Å². The van der Waals surface area contributed by atoms with E-state index in [9.17, 15) is 0 Å². The molecule has 2 unspecified atom stereocenters. The summed E-state index contributed by atoms with van der Waals surface area (Å²) >= 11 is -2.44. The fourth-order valence-corrected chi connectivity index (χ4v) is 41.1. The number of hydrogen-bond acceptors (Lipinski definition) is 0. The zero-order chi connectivity index (χ0) is 31.4. The van der Waals surface area contributed by atoms with Gasteiger partial charge in [0.05, 0.1) is 0 Å². The van der Waals surface area contributed by atoms with Crippen LogP contribution in [0.4, 0.5) is 0 Å². The second-order valence-electron chi connectivity index (χ2n) is 14.2. The molecule has 4 aromatic carbocycles. The molecule has 0 nitrogen and oxygen atoms in total. The van der Waals surface area contributed by atoms with Gasteiger partial charge in [-0.1, -0.05) is 0 Å². The van der Waals surface area contributed by atoms with Crippen LogP contribution >= 0.6 is 0 Å². The van der Waals surface area contributed by atoms with Gasteiger partial charge >= 0.3 is 277 Å². The Balaban J connectivity index is 1.55. The van der Waals surface area contributed by atoms with Gasteiger partial charge in [-0.25, -0.2) is 0 Å². The Kier molecular flexibility index (Phi) is 8.81. The first-order chi connectivity index (χ1) is 21.0. The van der Waals surface area contributed by atoms with E-state index >= 15 is 0 Å². The molecular formula is C42H49HfSi. The van der Waals surface area contributed by atoms with Crippen LogP contribution in [-0.4, -0.2) is 5.98 Å². The Labute approximate surface area is 275 Å². The van der Waals surface area contributed by atoms with Crippen LogP contribution in [0.1, 0.15) is 79.6 Å². The molecule has 0 spiro atoms. The number of aryl methyl sites for hydroxylation is 2. The van der Waals surface area contributed by atoms with E-state index in [1.54, 1.807) is 22.3 Å². The summed E-state index contributed by atoms with van der Waals surface area (Å²) in [5, 5.41) is 0. The summed E-state index contributed by atoms with van der Waals surface area (Å²) in [4.78, 5) is 0. The molecular weight excluding hydrogens is 711 g/mol. The third-order valence-corrected chi connectivity index (χ3v) is 41.2. The van der Waals surface area contributed by atoms with E-state index in [1.807, 2.05) is 0 Å². The molecule has 0 aromatic heterocycles. The van der Waals surface area contributed by atoms with E-state index in [0.717, 1.165) is 0 Å². The molecule has 0 amide bonds. The Morgan fingerprint density at radius 2 is 0.886 bits per heavy atom. The fourth-order valence-electron chi connectivity index (χ4n) is 7.98. The van der Waals surface area contributed by atoms with Crippen LogP contribution in [0.3, 0.4) is 0 Å². The molecule has 0 saturated carbocycles. The molecule has 0 heterocycles. The van der Waals surface area contributed by atoms with Crippen molar-refractivity contribution >= 4 is 18.1 Å². The minimum atomic E-state index is -2.44. The van der Waals surface area contributed by atoms with Crippen molar-refractivity contribution in [2.75, 3.05) is 0 Å². The van der Waals surface area contributed by atoms with Gasteiger partial charge in [0, 0.05) is 0 Å². The van der Waals surface area contributed by atoms with E-state index in [-0.39, 0.29) is 0 Å². The van der Waals surface area contributed by atoms with Crippen molar-refractivity contribution in [1.29, 1.82) is 0 Å². The van der Waals surface area contributed by atoms with Crippen LogP contribution in [0.25, 0.3) is 34.4 Å². The molecule has 225 valence electrons. The maximum atomic E-state index is 2.71. The SMILES string of the molecule is Cc1cccc(-c2cccc3c2C=C(C(C)C)[CH]3[Hf]([CH]2C(C(C)C)=Cc3c(-c4cccc(C)c4C)cccc32)[SiH](C)C)c1C. The molecule has 0 fully saturated rings. The molecule has 0 radical (unpaired) electrons. The van der Waals surface area contributed by atoms with Gasteiger partial charge in [0.1, 0.15) is 0 Å². The third kappa shape index (κ3) is 5.24. The topological polar surface area (TPSA) is 0 Å². The van der Waals surface area contributed by atoms with Crippen molar-refractivity contribution in [2.24, 2.45) is 11.8 Å². The normalized spacial score (nSPS) is 17.3. The summed E-state index contributed by atoms with van der Waals surface area (Å²) in [6.45, 7) is 24.3. The van der Waals surface area contributed by atoms with Gasteiger partial charge in [-0.2, -0.15) is 0 Å². The van der Waals surface area contributed by atoms with Gasteiger partial charge in [-0.05, 0) is 0 Å². The van der Waals surface area contributed by atoms with Crippen LogP contribution in [0.15, 0.2) is 83.9 Å². The quantitative estimate of drug-likeness (QED) is 0.165. The molecule has 0 N–H and O–H groups in total. The standard InChI is InChI=1S/2C20H21.C2H7Si.Hf/c2*1-13(2)17-11-16-8-6-10-19(20(16)12-17)18-9-5-7-14(3)15(18)4;1-3-2;/h2*5-13H,1-4H3;3H,1-2H3;. The van der Waals surface area contributed by atoms with E-state index in [0.29, 0.717) is 19.2 Å². The van der Waals surface area contributed by atoms with Crippen molar-refractivity contribution in [2.45, 2.75) is 75.8 Å². The Morgan fingerprint density at radius 3 is 1.25 bits per heavy atom. The summed E-state index contributed by atoms with van der Waals surface area (Å²) in [7, 11) is 0. The van der Waals surface area contributed by atoms with Crippen LogP contribution < -0.4 is 0 Å².